The number of aromatic nitrogens is 1. The van der Waals surface area contributed by atoms with Crippen molar-refractivity contribution in [2.24, 2.45) is 0 Å². The molecule has 2 aromatic rings. The third-order valence-corrected chi connectivity index (χ3v) is 4.30. The first kappa shape index (κ1) is 15.3. The molecule has 0 aliphatic rings. The molecule has 0 atom stereocenters. The van der Waals surface area contributed by atoms with E-state index in [-0.39, 0.29) is 4.90 Å². The van der Waals surface area contributed by atoms with Gasteiger partial charge in [-0.2, -0.15) is 0 Å². The lowest BCUT2D eigenvalue weighted by Crippen LogP contribution is -2.16. The summed E-state index contributed by atoms with van der Waals surface area (Å²) in [5, 5.41) is 2.84. The lowest BCUT2D eigenvalue weighted by Gasteiger charge is -2.14. The summed E-state index contributed by atoms with van der Waals surface area (Å²) in [6, 6.07) is 8.70. The van der Waals surface area contributed by atoms with Crippen LogP contribution in [0.5, 0.6) is 0 Å². The van der Waals surface area contributed by atoms with E-state index in [1.54, 1.807) is 32.4 Å². The largest absolute Gasteiger partial charge is 0.387 e. The second-order valence-electron chi connectivity index (χ2n) is 4.32. The number of sulfonamides is 1. The fraction of sp³-hybridized carbons (Fsp3) is 0.214. The molecular formula is C14H17N3O3S. The minimum absolute atomic E-state index is 0.0970. The van der Waals surface area contributed by atoms with Gasteiger partial charge in [0.1, 0.15) is 4.90 Å². The Morgan fingerprint density at radius 2 is 1.95 bits per heavy atom. The smallest absolute Gasteiger partial charge is 0.265 e. The van der Waals surface area contributed by atoms with Crippen LogP contribution in [0.4, 0.5) is 11.4 Å². The van der Waals surface area contributed by atoms with E-state index in [2.05, 4.69) is 15.0 Å². The van der Waals surface area contributed by atoms with Gasteiger partial charge in [0.15, 0.2) is 0 Å². The summed E-state index contributed by atoms with van der Waals surface area (Å²) in [6.45, 7) is 0.324. The monoisotopic (exact) mass is 307 g/mol. The van der Waals surface area contributed by atoms with Crippen molar-refractivity contribution in [2.75, 3.05) is 24.2 Å². The number of methoxy groups -OCH3 is 1. The number of benzene rings is 1. The van der Waals surface area contributed by atoms with Crippen molar-refractivity contribution in [3.8, 4) is 0 Å². The maximum absolute atomic E-state index is 12.5. The molecule has 0 saturated carbocycles. The average Bonchev–Trinajstić information content (AvgIpc) is 2.49. The van der Waals surface area contributed by atoms with E-state index in [0.29, 0.717) is 18.0 Å². The highest BCUT2D eigenvalue weighted by atomic mass is 32.2. The predicted octanol–water partition coefficient (Wildman–Crippen LogP) is 2.07. The van der Waals surface area contributed by atoms with Gasteiger partial charge in [-0.3, -0.25) is 9.71 Å². The Bertz CT molecular complexity index is 717. The maximum Gasteiger partial charge on any atom is 0.265 e. The topological polar surface area (TPSA) is 80.3 Å². The summed E-state index contributed by atoms with van der Waals surface area (Å²) >= 11 is 0. The number of pyridine rings is 1. The van der Waals surface area contributed by atoms with Crippen LogP contribution in [0.2, 0.25) is 0 Å². The molecule has 1 heterocycles. The van der Waals surface area contributed by atoms with E-state index in [4.69, 9.17) is 4.74 Å². The molecule has 0 spiro atoms. The van der Waals surface area contributed by atoms with Crippen molar-refractivity contribution in [2.45, 2.75) is 11.5 Å². The molecule has 0 radical (unpaired) electrons. The molecule has 0 saturated heterocycles. The van der Waals surface area contributed by atoms with E-state index < -0.39 is 10.0 Å². The molecule has 1 aromatic carbocycles. The van der Waals surface area contributed by atoms with Crippen LogP contribution in [0.25, 0.3) is 0 Å². The van der Waals surface area contributed by atoms with Crippen LogP contribution < -0.4 is 10.0 Å². The molecule has 1 aromatic heterocycles. The van der Waals surface area contributed by atoms with E-state index in [0.717, 1.165) is 5.56 Å². The van der Waals surface area contributed by atoms with Gasteiger partial charge in [-0.05, 0) is 12.1 Å². The summed E-state index contributed by atoms with van der Waals surface area (Å²) in [5.41, 5.74) is 1.74. The molecule has 6 nitrogen and oxygen atoms in total. The highest BCUT2D eigenvalue weighted by Gasteiger charge is 2.19. The van der Waals surface area contributed by atoms with Crippen molar-refractivity contribution < 1.29 is 13.2 Å². The molecule has 21 heavy (non-hydrogen) atoms. The molecule has 2 N–H and O–H groups in total. The average molecular weight is 307 g/mol. The number of nitrogens with zero attached hydrogens (tertiary/aromatic N) is 1. The van der Waals surface area contributed by atoms with E-state index in [1.165, 1.54) is 12.4 Å². The molecule has 0 unspecified atom stereocenters. The number of ether oxygens (including phenoxy) is 1. The van der Waals surface area contributed by atoms with Crippen LogP contribution in [0.15, 0.2) is 47.6 Å². The van der Waals surface area contributed by atoms with E-state index in [9.17, 15) is 8.42 Å². The zero-order chi connectivity index (χ0) is 15.3. The standard InChI is InChI=1S/C14H17N3O3S/c1-15-13-7-8-16-9-14(13)21(18,19)17-12-6-4-3-5-11(12)10-20-2/h3-9,17H,10H2,1-2H3,(H,15,16). The molecule has 0 fully saturated rings. The number of para-hydroxylation sites is 1. The molecule has 0 aliphatic carbocycles. The molecule has 112 valence electrons. The highest BCUT2D eigenvalue weighted by molar-refractivity contribution is 7.92. The quantitative estimate of drug-likeness (QED) is 0.854. The molecule has 0 aliphatic heterocycles. The molecule has 0 bridgehead atoms. The normalized spacial score (nSPS) is 11.1. The zero-order valence-electron chi connectivity index (χ0n) is 11.8. The summed E-state index contributed by atoms with van der Waals surface area (Å²) in [4.78, 5) is 3.97. The second kappa shape index (κ2) is 6.55. The fourth-order valence-corrected chi connectivity index (χ4v) is 3.16. The van der Waals surface area contributed by atoms with Gasteiger partial charge in [0, 0.05) is 32.1 Å². The Hall–Kier alpha value is -2.12. The van der Waals surface area contributed by atoms with Gasteiger partial charge in [0.05, 0.1) is 18.0 Å². The minimum atomic E-state index is -3.73. The summed E-state index contributed by atoms with van der Waals surface area (Å²) < 4.78 is 32.7. The molecule has 7 heteroatoms. The van der Waals surface area contributed by atoms with Crippen molar-refractivity contribution in [3.63, 3.8) is 0 Å². The van der Waals surface area contributed by atoms with Crippen LogP contribution in [-0.4, -0.2) is 27.6 Å². The Balaban J connectivity index is 2.38. The minimum Gasteiger partial charge on any atom is -0.387 e. The second-order valence-corrected chi connectivity index (χ2v) is 5.97. The van der Waals surface area contributed by atoms with Crippen LogP contribution in [0.3, 0.4) is 0 Å². The van der Waals surface area contributed by atoms with Gasteiger partial charge >= 0.3 is 0 Å². The van der Waals surface area contributed by atoms with E-state index >= 15 is 0 Å². The maximum atomic E-state index is 12.5. The predicted molar refractivity (Wildman–Crippen MR) is 81.7 cm³/mol. The third kappa shape index (κ3) is 3.50. The van der Waals surface area contributed by atoms with Crippen LogP contribution >= 0.6 is 0 Å². The van der Waals surface area contributed by atoms with Gasteiger partial charge in [-0.15, -0.1) is 0 Å². The number of hydrogen-bond acceptors (Lipinski definition) is 5. The Labute approximate surface area is 124 Å². The van der Waals surface area contributed by atoms with Crippen molar-refractivity contribution in [3.05, 3.63) is 48.3 Å². The van der Waals surface area contributed by atoms with Gasteiger partial charge in [-0.25, -0.2) is 8.42 Å². The first-order chi connectivity index (χ1) is 10.1. The van der Waals surface area contributed by atoms with Crippen molar-refractivity contribution in [1.29, 1.82) is 0 Å². The number of hydrogen-bond donors (Lipinski definition) is 2. The fourth-order valence-electron chi connectivity index (χ4n) is 1.90. The van der Waals surface area contributed by atoms with Gasteiger partial charge < -0.3 is 10.1 Å². The first-order valence-corrected chi connectivity index (χ1v) is 7.78. The van der Waals surface area contributed by atoms with Crippen LogP contribution in [0, 0.1) is 0 Å². The Morgan fingerprint density at radius 1 is 1.19 bits per heavy atom. The summed E-state index contributed by atoms with van der Waals surface area (Å²) in [6.07, 6.45) is 2.84. The third-order valence-electron chi connectivity index (χ3n) is 2.90. The first-order valence-electron chi connectivity index (χ1n) is 6.30. The number of anilines is 2. The molecule has 2 rings (SSSR count). The van der Waals surface area contributed by atoms with E-state index in [1.807, 2.05) is 12.1 Å². The van der Waals surface area contributed by atoms with Gasteiger partial charge in [0.25, 0.3) is 10.0 Å². The SMILES string of the molecule is CNc1ccncc1S(=O)(=O)Nc1ccccc1COC. The van der Waals surface area contributed by atoms with Crippen LogP contribution in [-0.2, 0) is 21.4 Å². The summed E-state index contributed by atoms with van der Waals surface area (Å²) in [5.74, 6) is 0. The Morgan fingerprint density at radius 3 is 2.67 bits per heavy atom. The van der Waals surface area contributed by atoms with Crippen molar-refractivity contribution in [1.82, 2.24) is 4.98 Å². The number of rotatable bonds is 6. The van der Waals surface area contributed by atoms with Crippen molar-refractivity contribution >= 4 is 21.4 Å². The lowest BCUT2D eigenvalue weighted by atomic mass is 10.2. The molecular weight excluding hydrogens is 290 g/mol. The van der Waals surface area contributed by atoms with Gasteiger partial charge in [-0.1, -0.05) is 18.2 Å². The summed E-state index contributed by atoms with van der Waals surface area (Å²) in [7, 11) is -0.506. The Kier molecular flexibility index (Phi) is 4.77. The number of nitrogens with one attached hydrogen (secondary N) is 2. The van der Waals surface area contributed by atoms with Gasteiger partial charge in [0.2, 0.25) is 0 Å². The van der Waals surface area contributed by atoms with Crippen LogP contribution in [0.1, 0.15) is 5.56 Å². The highest BCUT2D eigenvalue weighted by Crippen LogP contribution is 2.24. The lowest BCUT2D eigenvalue weighted by molar-refractivity contribution is 0.185. The zero-order valence-corrected chi connectivity index (χ0v) is 12.6. The molecule has 0 amide bonds.